The zero-order chi connectivity index (χ0) is 19.4. The molecular weight excluding hydrogens is 364 g/mol. The Hall–Kier alpha value is -2.60. The number of benzene rings is 1. The number of hydrogen-bond donors (Lipinski definition) is 0. The lowest BCUT2D eigenvalue weighted by molar-refractivity contribution is -0.151. The average Bonchev–Trinajstić information content (AvgIpc) is 3.21. The number of allylic oxidation sites excluding steroid dienone is 2. The van der Waals surface area contributed by atoms with E-state index in [0.29, 0.717) is 17.9 Å². The number of methoxy groups -OCH3 is 2. The first-order valence-corrected chi connectivity index (χ1v) is 9.64. The minimum absolute atomic E-state index is 0.222. The number of ether oxygens (including phenoxy) is 3. The first kappa shape index (κ1) is 19.2. The largest absolute Gasteiger partial charge is 0.496 e. The van der Waals surface area contributed by atoms with Gasteiger partial charge in [-0.3, -0.25) is 9.59 Å². The van der Waals surface area contributed by atoms with Crippen LogP contribution in [0.1, 0.15) is 29.7 Å². The topological polar surface area (TPSA) is 61.8 Å². The van der Waals surface area contributed by atoms with E-state index in [1.54, 1.807) is 38.6 Å². The van der Waals surface area contributed by atoms with Gasteiger partial charge in [0.25, 0.3) is 0 Å². The van der Waals surface area contributed by atoms with Crippen LogP contribution in [0.15, 0.2) is 41.8 Å². The van der Waals surface area contributed by atoms with Gasteiger partial charge in [-0.05, 0) is 48.6 Å². The molecule has 3 rings (SSSR count). The molecule has 2 atom stereocenters. The lowest BCUT2D eigenvalue weighted by Crippen LogP contribution is -2.34. The first-order valence-electron chi connectivity index (χ1n) is 8.76. The number of rotatable bonds is 6. The summed E-state index contributed by atoms with van der Waals surface area (Å²) < 4.78 is 16.3. The fourth-order valence-electron chi connectivity index (χ4n) is 3.53. The summed E-state index contributed by atoms with van der Waals surface area (Å²) in [6.45, 7) is 1.96. The number of esters is 1. The van der Waals surface area contributed by atoms with Crippen molar-refractivity contribution in [2.75, 3.05) is 20.8 Å². The van der Waals surface area contributed by atoms with Crippen LogP contribution in [0.5, 0.6) is 11.5 Å². The van der Waals surface area contributed by atoms with Crippen LogP contribution in [0, 0.1) is 5.92 Å². The Bertz CT molecular complexity index is 831. The third-order valence-electron chi connectivity index (χ3n) is 4.68. The van der Waals surface area contributed by atoms with E-state index >= 15 is 0 Å². The lowest BCUT2D eigenvalue weighted by atomic mass is 9.74. The van der Waals surface area contributed by atoms with Crippen molar-refractivity contribution in [3.63, 3.8) is 0 Å². The summed E-state index contributed by atoms with van der Waals surface area (Å²) in [5, 5.41) is 1.97. The molecule has 6 heteroatoms. The average molecular weight is 386 g/mol. The molecule has 0 radical (unpaired) electrons. The maximum Gasteiger partial charge on any atom is 0.317 e. The van der Waals surface area contributed by atoms with Crippen molar-refractivity contribution in [3.8, 4) is 11.5 Å². The molecule has 5 nitrogen and oxygen atoms in total. The predicted molar refractivity (Wildman–Crippen MR) is 104 cm³/mol. The molecule has 0 amide bonds. The van der Waals surface area contributed by atoms with E-state index in [9.17, 15) is 9.59 Å². The molecule has 27 heavy (non-hydrogen) atoms. The Kier molecular flexibility index (Phi) is 5.96. The Morgan fingerprint density at radius 1 is 1.15 bits per heavy atom. The first-order chi connectivity index (χ1) is 13.1. The van der Waals surface area contributed by atoms with Gasteiger partial charge in [-0.15, -0.1) is 11.3 Å². The molecular formula is C21H22O5S. The third kappa shape index (κ3) is 3.76. The number of carbonyl (C=O) groups excluding carboxylic acids is 2. The van der Waals surface area contributed by atoms with Crippen LogP contribution in [0.3, 0.4) is 0 Å². The van der Waals surface area contributed by atoms with Gasteiger partial charge in [-0.25, -0.2) is 0 Å². The molecule has 1 aromatic carbocycles. The van der Waals surface area contributed by atoms with E-state index in [1.165, 1.54) is 0 Å². The Labute approximate surface area is 162 Å². The second kappa shape index (κ2) is 8.39. The maximum atomic E-state index is 12.9. The smallest absolute Gasteiger partial charge is 0.317 e. The van der Waals surface area contributed by atoms with E-state index in [-0.39, 0.29) is 12.4 Å². The standard InChI is InChI=1S/C21H22O5S/c1-4-26-21(23)19-14(20-16(24-2)7-5-8-17(20)25-3)11-13(12-15(19)22)18-9-6-10-27-18/h5-10,12,14,19H,4,11H2,1-3H3/t14-,19-/m0/s1. The molecule has 0 unspecified atom stereocenters. The van der Waals surface area contributed by atoms with Gasteiger partial charge in [-0.1, -0.05) is 12.1 Å². The quantitative estimate of drug-likeness (QED) is 0.553. The molecule has 2 aromatic rings. The molecule has 0 saturated carbocycles. The summed E-state index contributed by atoms with van der Waals surface area (Å²) >= 11 is 1.57. The van der Waals surface area contributed by atoms with Crippen LogP contribution in [-0.4, -0.2) is 32.6 Å². The van der Waals surface area contributed by atoms with Crippen molar-refractivity contribution in [1.82, 2.24) is 0 Å². The number of ketones is 1. The van der Waals surface area contributed by atoms with Crippen LogP contribution in [-0.2, 0) is 14.3 Å². The van der Waals surface area contributed by atoms with Crippen LogP contribution in [0.25, 0.3) is 5.57 Å². The van der Waals surface area contributed by atoms with E-state index < -0.39 is 17.8 Å². The zero-order valence-corrected chi connectivity index (χ0v) is 16.4. The lowest BCUT2D eigenvalue weighted by Gasteiger charge is -2.31. The van der Waals surface area contributed by atoms with Gasteiger partial charge in [0.15, 0.2) is 5.78 Å². The van der Waals surface area contributed by atoms with Crippen molar-refractivity contribution in [3.05, 3.63) is 52.2 Å². The minimum Gasteiger partial charge on any atom is -0.496 e. The van der Waals surface area contributed by atoms with Crippen LogP contribution in [0.4, 0.5) is 0 Å². The van der Waals surface area contributed by atoms with Crippen LogP contribution < -0.4 is 9.47 Å². The highest BCUT2D eigenvalue weighted by molar-refractivity contribution is 7.11. The number of hydrogen-bond acceptors (Lipinski definition) is 6. The summed E-state index contributed by atoms with van der Waals surface area (Å²) in [5.41, 5.74) is 1.63. The van der Waals surface area contributed by atoms with Gasteiger partial charge in [-0.2, -0.15) is 0 Å². The molecule has 0 bridgehead atoms. The minimum atomic E-state index is -0.918. The molecule has 1 aliphatic carbocycles. The third-order valence-corrected chi connectivity index (χ3v) is 5.63. The van der Waals surface area contributed by atoms with E-state index in [1.807, 2.05) is 35.7 Å². The SMILES string of the molecule is CCOC(=O)[C@@H]1C(=O)C=C(c2cccs2)C[C@@H]1c1c(OC)cccc1OC. The van der Waals surface area contributed by atoms with Gasteiger partial charge < -0.3 is 14.2 Å². The molecule has 0 N–H and O–H groups in total. The maximum absolute atomic E-state index is 12.9. The molecule has 1 aromatic heterocycles. The summed E-state index contributed by atoms with van der Waals surface area (Å²) in [6, 6.07) is 9.37. The zero-order valence-electron chi connectivity index (χ0n) is 15.6. The molecule has 0 spiro atoms. The monoisotopic (exact) mass is 386 g/mol. The fourth-order valence-corrected chi connectivity index (χ4v) is 4.29. The van der Waals surface area contributed by atoms with E-state index in [2.05, 4.69) is 0 Å². The van der Waals surface area contributed by atoms with E-state index in [0.717, 1.165) is 16.0 Å². The Balaban J connectivity index is 2.13. The van der Waals surface area contributed by atoms with E-state index in [4.69, 9.17) is 14.2 Å². The fraction of sp³-hybridized carbons (Fsp3) is 0.333. The highest BCUT2D eigenvalue weighted by Gasteiger charge is 2.42. The number of carbonyl (C=O) groups is 2. The normalized spacial score (nSPS) is 19.4. The molecule has 142 valence electrons. The van der Waals surface area contributed by atoms with Crippen LogP contribution in [0.2, 0.25) is 0 Å². The summed E-state index contributed by atoms with van der Waals surface area (Å²) in [4.78, 5) is 26.6. The highest BCUT2D eigenvalue weighted by atomic mass is 32.1. The summed E-state index contributed by atoms with van der Waals surface area (Å²) in [6.07, 6.45) is 2.10. The van der Waals surface area contributed by atoms with Crippen molar-refractivity contribution >= 4 is 28.7 Å². The molecule has 0 aliphatic heterocycles. The van der Waals surface area contributed by atoms with Crippen molar-refractivity contribution in [2.45, 2.75) is 19.3 Å². The van der Waals surface area contributed by atoms with Gasteiger partial charge in [0.1, 0.15) is 17.4 Å². The highest BCUT2D eigenvalue weighted by Crippen LogP contribution is 2.47. The summed E-state index contributed by atoms with van der Waals surface area (Å²) in [5.74, 6) is -0.922. The molecule has 1 heterocycles. The second-order valence-corrected chi connectivity index (χ2v) is 7.11. The molecule has 1 aliphatic rings. The van der Waals surface area contributed by atoms with Gasteiger partial charge in [0.05, 0.1) is 20.8 Å². The van der Waals surface area contributed by atoms with Crippen molar-refractivity contribution < 1.29 is 23.8 Å². The molecule has 0 saturated heterocycles. The number of thiophene rings is 1. The Morgan fingerprint density at radius 3 is 2.41 bits per heavy atom. The van der Waals surface area contributed by atoms with Crippen molar-refractivity contribution in [1.29, 1.82) is 0 Å². The van der Waals surface area contributed by atoms with Gasteiger partial charge in [0.2, 0.25) is 0 Å². The van der Waals surface area contributed by atoms with Crippen molar-refractivity contribution in [2.24, 2.45) is 5.92 Å². The molecule has 0 fully saturated rings. The summed E-state index contributed by atoms with van der Waals surface area (Å²) in [7, 11) is 3.14. The van der Waals surface area contributed by atoms with Crippen LogP contribution >= 0.6 is 11.3 Å². The van der Waals surface area contributed by atoms with Gasteiger partial charge >= 0.3 is 5.97 Å². The Morgan fingerprint density at radius 2 is 1.85 bits per heavy atom. The predicted octanol–water partition coefficient (Wildman–Crippen LogP) is 4.08. The second-order valence-electron chi connectivity index (χ2n) is 6.17. The van der Waals surface area contributed by atoms with Gasteiger partial charge in [0, 0.05) is 16.4 Å².